The molecular formula is C11H15N3O3S2. The fourth-order valence-electron chi connectivity index (χ4n) is 1.48. The van der Waals surface area contributed by atoms with Crippen LogP contribution in [0.2, 0.25) is 0 Å². The average Bonchev–Trinajstić information content (AvgIpc) is 3.06. The molecule has 8 heteroatoms. The van der Waals surface area contributed by atoms with E-state index in [0.29, 0.717) is 12.3 Å². The molecule has 0 spiro atoms. The smallest absolute Gasteiger partial charge is 0.273 e. The van der Waals surface area contributed by atoms with Crippen LogP contribution in [0, 0.1) is 0 Å². The summed E-state index contributed by atoms with van der Waals surface area (Å²) in [6, 6.07) is 3.10. The van der Waals surface area contributed by atoms with Gasteiger partial charge in [-0.15, -0.1) is 11.3 Å². The van der Waals surface area contributed by atoms with Gasteiger partial charge in [0.2, 0.25) is 5.09 Å². The van der Waals surface area contributed by atoms with Crippen LogP contribution in [0.15, 0.2) is 33.2 Å². The highest BCUT2D eigenvalue weighted by Crippen LogP contribution is 2.13. The maximum atomic E-state index is 11.5. The summed E-state index contributed by atoms with van der Waals surface area (Å²) in [6.07, 6.45) is 2.63. The molecule has 104 valence electrons. The first kappa shape index (κ1) is 14.2. The third kappa shape index (κ3) is 3.87. The van der Waals surface area contributed by atoms with Gasteiger partial charge in [0.05, 0.1) is 11.6 Å². The minimum Gasteiger partial charge on any atom is -0.447 e. The number of aromatic nitrogens is 1. The van der Waals surface area contributed by atoms with Crippen molar-refractivity contribution in [3.05, 3.63) is 34.5 Å². The molecule has 0 aliphatic carbocycles. The Balaban J connectivity index is 1.81. The van der Waals surface area contributed by atoms with Crippen LogP contribution in [0.25, 0.3) is 0 Å². The molecule has 2 aromatic rings. The second kappa shape index (κ2) is 6.29. The van der Waals surface area contributed by atoms with Gasteiger partial charge in [0.25, 0.3) is 10.0 Å². The second-order valence-corrected chi connectivity index (χ2v) is 6.58. The van der Waals surface area contributed by atoms with Crippen LogP contribution in [0.1, 0.15) is 10.8 Å². The van der Waals surface area contributed by atoms with Gasteiger partial charge in [-0.05, 0) is 19.2 Å². The first-order valence-corrected chi connectivity index (χ1v) is 8.09. The molecule has 2 N–H and O–H groups in total. The molecule has 6 nitrogen and oxygen atoms in total. The topological polar surface area (TPSA) is 84.2 Å². The number of thiazole rings is 1. The summed E-state index contributed by atoms with van der Waals surface area (Å²) >= 11 is 1.62. The SMILES string of the molecule is CNS(=O)(=O)c1ccc(CNCCc2nccs2)o1. The molecule has 19 heavy (non-hydrogen) atoms. The second-order valence-electron chi connectivity index (χ2n) is 3.78. The molecule has 0 aliphatic rings. The Bertz CT molecular complexity index is 605. The summed E-state index contributed by atoms with van der Waals surface area (Å²) in [4.78, 5) is 4.18. The number of hydrogen-bond acceptors (Lipinski definition) is 6. The molecule has 0 saturated carbocycles. The highest BCUT2D eigenvalue weighted by atomic mass is 32.2. The highest BCUT2D eigenvalue weighted by molar-refractivity contribution is 7.89. The monoisotopic (exact) mass is 301 g/mol. The van der Waals surface area contributed by atoms with Gasteiger partial charge in [0, 0.05) is 24.5 Å². The van der Waals surface area contributed by atoms with E-state index in [-0.39, 0.29) is 5.09 Å². The Morgan fingerprint density at radius 2 is 2.26 bits per heavy atom. The van der Waals surface area contributed by atoms with Crippen molar-refractivity contribution in [1.29, 1.82) is 0 Å². The van der Waals surface area contributed by atoms with Gasteiger partial charge in [-0.25, -0.2) is 18.1 Å². The summed E-state index contributed by atoms with van der Waals surface area (Å²) in [5.74, 6) is 0.591. The summed E-state index contributed by atoms with van der Waals surface area (Å²) in [7, 11) is -2.15. The van der Waals surface area contributed by atoms with E-state index in [0.717, 1.165) is 18.0 Å². The average molecular weight is 301 g/mol. The van der Waals surface area contributed by atoms with Crippen molar-refractivity contribution in [2.45, 2.75) is 18.1 Å². The van der Waals surface area contributed by atoms with Crippen LogP contribution < -0.4 is 10.0 Å². The number of nitrogens with one attached hydrogen (secondary N) is 2. The van der Waals surface area contributed by atoms with E-state index < -0.39 is 10.0 Å². The van der Waals surface area contributed by atoms with Gasteiger partial charge in [0.1, 0.15) is 5.76 Å². The lowest BCUT2D eigenvalue weighted by molar-refractivity contribution is 0.401. The zero-order valence-electron chi connectivity index (χ0n) is 10.4. The van der Waals surface area contributed by atoms with E-state index >= 15 is 0 Å². The lowest BCUT2D eigenvalue weighted by atomic mass is 10.4. The lowest BCUT2D eigenvalue weighted by Crippen LogP contribution is -2.18. The lowest BCUT2D eigenvalue weighted by Gasteiger charge is -2.01. The van der Waals surface area contributed by atoms with E-state index in [4.69, 9.17) is 4.42 Å². The number of furan rings is 1. The minimum atomic E-state index is -3.50. The summed E-state index contributed by atoms with van der Waals surface area (Å²) < 4.78 is 30.4. The normalized spacial score (nSPS) is 11.8. The van der Waals surface area contributed by atoms with Crippen LogP contribution in [0.3, 0.4) is 0 Å². The predicted molar refractivity (Wildman–Crippen MR) is 72.5 cm³/mol. The van der Waals surface area contributed by atoms with Gasteiger partial charge in [-0.3, -0.25) is 0 Å². The molecule has 0 fully saturated rings. The summed E-state index contributed by atoms with van der Waals surface area (Å²) in [6.45, 7) is 1.26. The Kier molecular flexibility index (Phi) is 4.70. The fourth-order valence-corrected chi connectivity index (χ4v) is 2.77. The van der Waals surface area contributed by atoms with Crippen LogP contribution in [-0.4, -0.2) is 27.0 Å². The van der Waals surface area contributed by atoms with Crippen molar-refractivity contribution in [3.8, 4) is 0 Å². The quantitative estimate of drug-likeness (QED) is 0.745. The number of sulfonamides is 1. The van der Waals surface area contributed by atoms with E-state index in [1.165, 1.54) is 13.1 Å². The van der Waals surface area contributed by atoms with Gasteiger partial charge in [-0.2, -0.15) is 0 Å². The van der Waals surface area contributed by atoms with E-state index in [1.807, 2.05) is 5.38 Å². The van der Waals surface area contributed by atoms with Crippen molar-refractivity contribution >= 4 is 21.4 Å². The van der Waals surface area contributed by atoms with Crippen LogP contribution >= 0.6 is 11.3 Å². The van der Waals surface area contributed by atoms with Gasteiger partial charge in [0.15, 0.2) is 0 Å². The van der Waals surface area contributed by atoms with Crippen LogP contribution in [0.5, 0.6) is 0 Å². The molecule has 0 saturated heterocycles. The predicted octanol–water partition coefficient (Wildman–Crippen LogP) is 0.976. The number of hydrogen-bond donors (Lipinski definition) is 2. The van der Waals surface area contributed by atoms with Gasteiger partial charge in [-0.1, -0.05) is 0 Å². The molecule has 0 radical (unpaired) electrons. The number of nitrogens with zero attached hydrogens (tertiary/aromatic N) is 1. The van der Waals surface area contributed by atoms with Crippen molar-refractivity contribution in [2.75, 3.05) is 13.6 Å². The molecule has 2 rings (SSSR count). The van der Waals surface area contributed by atoms with Gasteiger partial charge < -0.3 is 9.73 Å². The molecule has 0 aromatic carbocycles. The van der Waals surface area contributed by atoms with Crippen molar-refractivity contribution in [1.82, 2.24) is 15.0 Å². The van der Waals surface area contributed by atoms with Crippen LogP contribution in [-0.2, 0) is 23.0 Å². The standard InChI is InChI=1S/C11H15N3O3S2/c1-12-19(15,16)11-3-2-9(17-11)8-13-5-4-10-14-6-7-18-10/h2-3,6-7,12-13H,4-5,8H2,1H3. The molecular weight excluding hydrogens is 286 g/mol. The van der Waals surface area contributed by atoms with E-state index in [9.17, 15) is 8.42 Å². The van der Waals surface area contributed by atoms with Crippen molar-refractivity contribution < 1.29 is 12.8 Å². The Hall–Kier alpha value is -1.22. The Morgan fingerprint density at radius 3 is 2.95 bits per heavy atom. The zero-order valence-corrected chi connectivity index (χ0v) is 12.1. The molecule has 0 bridgehead atoms. The first-order valence-electron chi connectivity index (χ1n) is 5.73. The Labute approximate surface area is 115 Å². The number of rotatable bonds is 7. The minimum absolute atomic E-state index is 0.0632. The summed E-state index contributed by atoms with van der Waals surface area (Å²) in [5, 5.41) is 6.13. The Morgan fingerprint density at radius 1 is 1.42 bits per heavy atom. The summed E-state index contributed by atoms with van der Waals surface area (Å²) in [5.41, 5.74) is 0. The van der Waals surface area contributed by atoms with E-state index in [2.05, 4.69) is 15.0 Å². The first-order chi connectivity index (χ1) is 9.12. The molecule has 0 aliphatic heterocycles. The van der Waals surface area contributed by atoms with Gasteiger partial charge >= 0.3 is 0 Å². The fraction of sp³-hybridized carbons (Fsp3) is 0.364. The maximum Gasteiger partial charge on any atom is 0.273 e. The zero-order chi connectivity index (χ0) is 13.7. The molecule has 2 heterocycles. The third-order valence-electron chi connectivity index (χ3n) is 2.47. The van der Waals surface area contributed by atoms with Crippen LogP contribution in [0.4, 0.5) is 0 Å². The molecule has 0 atom stereocenters. The maximum absolute atomic E-state index is 11.5. The third-order valence-corrected chi connectivity index (χ3v) is 4.59. The molecule has 2 aromatic heterocycles. The molecule has 0 amide bonds. The van der Waals surface area contributed by atoms with Crippen molar-refractivity contribution in [3.63, 3.8) is 0 Å². The molecule has 0 unspecified atom stereocenters. The van der Waals surface area contributed by atoms with E-state index in [1.54, 1.807) is 23.6 Å². The largest absolute Gasteiger partial charge is 0.447 e. The van der Waals surface area contributed by atoms with Crippen molar-refractivity contribution in [2.24, 2.45) is 0 Å². The highest BCUT2D eigenvalue weighted by Gasteiger charge is 2.15.